The molecule has 42 heavy (non-hydrogen) atoms. The van der Waals surface area contributed by atoms with Crippen LogP contribution >= 0.6 is 0 Å². The molecule has 212 valence electrons. The van der Waals surface area contributed by atoms with Crippen molar-refractivity contribution in [1.29, 1.82) is 0 Å². The summed E-state index contributed by atoms with van der Waals surface area (Å²) in [6.07, 6.45) is 8.03. The third kappa shape index (κ3) is 4.17. The summed E-state index contributed by atoms with van der Waals surface area (Å²) >= 11 is 0. The van der Waals surface area contributed by atoms with Gasteiger partial charge in [-0.2, -0.15) is 0 Å². The van der Waals surface area contributed by atoms with E-state index in [0.29, 0.717) is 11.0 Å². The Morgan fingerprint density at radius 1 is 0.690 bits per heavy atom. The molecular weight excluding hydrogens is 546 g/mol. The van der Waals surface area contributed by atoms with Crippen molar-refractivity contribution in [3.63, 3.8) is 0 Å². The highest BCUT2D eigenvalue weighted by molar-refractivity contribution is 7.90. The normalized spacial score (nSPS) is 19.3. The summed E-state index contributed by atoms with van der Waals surface area (Å²) in [5.74, 6) is 1.83. The van der Waals surface area contributed by atoms with Gasteiger partial charge in [0, 0.05) is 21.9 Å². The van der Waals surface area contributed by atoms with Crippen LogP contribution in [-0.4, -0.2) is 45.4 Å². The van der Waals surface area contributed by atoms with Crippen LogP contribution in [0.3, 0.4) is 0 Å². The molecule has 0 bridgehead atoms. The lowest BCUT2D eigenvalue weighted by molar-refractivity contribution is 0.590. The zero-order valence-corrected chi connectivity index (χ0v) is 23.8. The average Bonchev–Trinajstić information content (AvgIpc) is 3.85. The van der Waals surface area contributed by atoms with Gasteiger partial charge >= 0.3 is 0 Å². The Balaban J connectivity index is 1.30. The molecule has 2 aliphatic heterocycles. The van der Waals surface area contributed by atoms with Gasteiger partial charge in [-0.3, -0.25) is 0 Å². The van der Waals surface area contributed by atoms with E-state index in [1.807, 2.05) is 54.9 Å². The van der Waals surface area contributed by atoms with E-state index in [4.69, 9.17) is 0 Å². The van der Waals surface area contributed by atoms with E-state index in [2.05, 4.69) is 30.6 Å². The number of hydrogen-bond acceptors (Lipinski definition) is 6. The van der Waals surface area contributed by atoms with Gasteiger partial charge in [-0.15, -0.1) is 0 Å². The third-order valence-electron chi connectivity index (χ3n) is 8.60. The van der Waals surface area contributed by atoms with Gasteiger partial charge in [0.05, 0.1) is 51.8 Å². The van der Waals surface area contributed by atoms with Crippen molar-refractivity contribution in [2.24, 2.45) is 0 Å². The minimum absolute atomic E-state index is 0.221. The molecule has 2 saturated heterocycles. The summed E-state index contributed by atoms with van der Waals surface area (Å²) in [6, 6.07) is 21.1. The molecule has 2 fully saturated rings. The number of imidazole rings is 2. The van der Waals surface area contributed by atoms with Gasteiger partial charge in [-0.05, 0) is 63.0 Å². The molecule has 9 nitrogen and oxygen atoms in total. The molecule has 0 radical (unpaired) electrons. The average molecular weight is 578 g/mol. The molecular formula is C32H31N7O2S. The van der Waals surface area contributed by atoms with Crippen LogP contribution < -0.4 is 10.6 Å². The van der Waals surface area contributed by atoms with Gasteiger partial charge in [0.25, 0.3) is 10.0 Å². The van der Waals surface area contributed by atoms with E-state index in [1.54, 1.807) is 24.3 Å². The van der Waals surface area contributed by atoms with Crippen LogP contribution in [0.15, 0.2) is 84.0 Å². The number of H-pyrrole nitrogens is 2. The quantitative estimate of drug-likeness (QED) is 0.203. The number of nitrogens with one attached hydrogen (secondary N) is 4. The third-order valence-corrected chi connectivity index (χ3v) is 10.3. The topological polar surface area (TPSA) is 120 Å². The zero-order valence-electron chi connectivity index (χ0n) is 23.0. The Bertz CT molecular complexity index is 1920. The van der Waals surface area contributed by atoms with Crippen LogP contribution in [0.2, 0.25) is 0 Å². The summed E-state index contributed by atoms with van der Waals surface area (Å²) in [6.45, 7) is 1.98. The predicted molar refractivity (Wildman–Crippen MR) is 164 cm³/mol. The molecule has 8 rings (SSSR count). The number of aromatic amines is 2. The molecule has 2 aliphatic rings. The molecule has 4 N–H and O–H groups in total. The van der Waals surface area contributed by atoms with Crippen LogP contribution in [0.4, 0.5) is 0 Å². The second-order valence-corrected chi connectivity index (χ2v) is 13.0. The minimum atomic E-state index is -3.92. The molecule has 0 amide bonds. The Morgan fingerprint density at radius 2 is 1.21 bits per heavy atom. The molecule has 3 aromatic heterocycles. The van der Waals surface area contributed by atoms with Gasteiger partial charge in [0.1, 0.15) is 11.6 Å². The van der Waals surface area contributed by atoms with E-state index >= 15 is 0 Å². The second-order valence-electron chi connectivity index (χ2n) is 11.2. The van der Waals surface area contributed by atoms with Gasteiger partial charge in [-0.1, -0.05) is 42.5 Å². The van der Waals surface area contributed by atoms with Gasteiger partial charge in [-0.25, -0.2) is 22.4 Å². The predicted octanol–water partition coefficient (Wildman–Crippen LogP) is 5.66. The summed E-state index contributed by atoms with van der Waals surface area (Å²) in [5.41, 5.74) is 4.74. The zero-order chi connectivity index (χ0) is 28.3. The first-order chi connectivity index (χ1) is 20.6. The minimum Gasteiger partial charge on any atom is -0.341 e. The lowest BCUT2D eigenvalue weighted by Crippen LogP contribution is -2.14. The van der Waals surface area contributed by atoms with Crippen LogP contribution in [-0.2, 0) is 10.0 Å². The Morgan fingerprint density at radius 3 is 1.69 bits per heavy atom. The van der Waals surface area contributed by atoms with E-state index in [-0.39, 0.29) is 17.0 Å². The maximum absolute atomic E-state index is 14.3. The molecule has 0 spiro atoms. The van der Waals surface area contributed by atoms with Crippen LogP contribution in [0.5, 0.6) is 0 Å². The highest BCUT2D eigenvalue weighted by atomic mass is 32.2. The van der Waals surface area contributed by atoms with Crippen molar-refractivity contribution < 1.29 is 8.42 Å². The number of benzene rings is 3. The summed E-state index contributed by atoms with van der Waals surface area (Å²) in [4.78, 5) is 16.4. The monoisotopic (exact) mass is 577 g/mol. The van der Waals surface area contributed by atoms with Crippen molar-refractivity contribution in [2.75, 3.05) is 13.1 Å². The van der Waals surface area contributed by atoms with E-state index in [9.17, 15) is 8.42 Å². The molecule has 0 saturated carbocycles. The SMILES string of the molecule is O=S(=O)(c1ccccc1)n1c2cc(-c3cnc(C4CCCN4)[nH]3)ccc2c2ccc(-c3cnc(C4CCCN4)[nH]3)cc21. The molecule has 3 aromatic carbocycles. The first kappa shape index (κ1) is 25.5. The Kier molecular flexibility index (Phi) is 6.02. The number of fused-ring (bicyclic) bond motifs is 3. The van der Waals surface area contributed by atoms with E-state index in [0.717, 1.165) is 83.7 Å². The van der Waals surface area contributed by atoms with Gasteiger partial charge in [0.2, 0.25) is 0 Å². The molecule has 6 aromatic rings. The summed E-state index contributed by atoms with van der Waals surface area (Å²) in [7, 11) is -3.92. The number of nitrogens with zero attached hydrogens (tertiary/aromatic N) is 3. The Hall–Kier alpha value is -4.25. The fraction of sp³-hybridized carbons (Fsp3) is 0.250. The van der Waals surface area contributed by atoms with Crippen LogP contribution in [0.25, 0.3) is 44.3 Å². The summed E-state index contributed by atoms with van der Waals surface area (Å²) in [5, 5.41) is 8.71. The first-order valence-electron chi connectivity index (χ1n) is 14.5. The Labute approximate surface area is 243 Å². The fourth-order valence-electron chi connectivity index (χ4n) is 6.43. The van der Waals surface area contributed by atoms with E-state index < -0.39 is 10.0 Å². The molecule has 2 atom stereocenters. The molecule has 2 unspecified atom stereocenters. The fourth-order valence-corrected chi connectivity index (χ4v) is 7.97. The van der Waals surface area contributed by atoms with Crippen LogP contribution in [0.1, 0.15) is 49.4 Å². The largest absolute Gasteiger partial charge is 0.341 e. The highest BCUT2D eigenvalue weighted by Gasteiger charge is 2.25. The summed E-state index contributed by atoms with van der Waals surface area (Å²) < 4.78 is 30.1. The lowest BCUT2D eigenvalue weighted by Gasteiger charge is -2.11. The second kappa shape index (κ2) is 9.94. The van der Waals surface area contributed by atoms with E-state index in [1.165, 1.54) is 3.97 Å². The van der Waals surface area contributed by atoms with Crippen molar-refractivity contribution >= 4 is 31.8 Å². The maximum Gasteiger partial charge on any atom is 0.268 e. The standard InChI is InChI=1S/C32H31N7O2S/c40-42(41,22-6-2-1-3-7-22)39-29-16-20(27-18-35-31(37-27)25-8-4-14-33-25)10-12-23(29)24-13-11-21(17-30(24)39)28-19-36-32(38-28)26-9-5-15-34-26/h1-3,6-7,10-13,16-19,25-26,33-34H,4-5,8-9,14-15H2,(H,35,37)(H,36,38). The van der Waals surface area contributed by atoms with Crippen molar-refractivity contribution in [3.05, 3.63) is 90.8 Å². The van der Waals surface area contributed by atoms with Gasteiger partial charge < -0.3 is 20.6 Å². The number of aromatic nitrogens is 5. The smallest absolute Gasteiger partial charge is 0.268 e. The lowest BCUT2D eigenvalue weighted by atomic mass is 10.1. The maximum atomic E-state index is 14.3. The number of hydrogen-bond donors (Lipinski definition) is 4. The van der Waals surface area contributed by atoms with Crippen molar-refractivity contribution in [3.8, 4) is 22.5 Å². The van der Waals surface area contributed by atoms with Gasteiger partial charge in [0.15, 0.2) is 0 Å². The van der Waals surface area contributed by atoms with Crippen molar-refractivity contribution in [1.82, 2.24) is 34.5 Å². The number of rotatable bonds is 6. The first-order valence-corrected chi connectivity index (χ1v) is 16.0. The highest BCUT2D eigenvalue weighted by Crippen LogP contribution is 2.37. The molecule has 0 aliphatic carbocycles. The molecule has 10 heteroatoms. The van der Waals surface area contributed by atoms with Crippen molar-refractivity contribution in [2.45, 2.75) is 42.7 Å². The van der Waals surface area contributed by atoms with Crippen LogP contribution in [0, 0.1) is 0 Å². The molecule has 5 heterocycles.